The van der Waals surface area contributed by atoms with Crippen LogP contribution in [0, 0.1) is 6.92 Å². The average molecular weight is 340 g/mol. The van der Waals surface area contributed by atoms with Crippen LogP contribution in [0.3, 0.4) is 0 Å². The number of benzene rings is 1. The predicted molar refractivity (Wildman–Crippen MR) is 95.1 cm³/mol. The molecule has 0 spiro atoms. The summed E-state index contributed by atoms with van der Waals surface area (Å²) in [5.41, 5.74) is 2.50. The van der Waals surface area contributed by atoms with Crippen molar-refractivity contribution in [1.82, 2.24) is 19.6 Å². The highest BCUT2D eigenvalue weighted by atomic mass is 16.2. The van der Waals surface area contributed by atoms with E-state index < -0.39 is 0 Å². The Bertz CT molecular complexity index is 769. The normalized spacial score (nSPS) is 17.6. The molecule has 3 rings (SSSR count). The molecule has 2 amide bonds. The van der Waals surface area contributed by atoms with E-state index >= 15 is 0 Å². The molecule has 25 heavy (non-hydrogen) atoms. The molecule has 2 heterocycles. The molecule has 1 atom stereocenters. The van der Waals surface area contributed by atoms with Gasteiger partial charge in [0.2, 0.25) is 5.91 Å². The van der Waals surface area contributed by atoms with E-state index in [0.717, 1.165) is 17.8 Å². The molecule has 1 fully saturated rings. The van der Waals surface area contributed by atoms with E-state index in [1.165, 1.54) is 0 Å². The van der Waals surface area contributed by atoms with Crippen molar-refractivity contribution in [3.05, 3.63) is 53.3 Å². The van der Waals surface area contributed by atoms with Crippen molar-refractivity contribution < 1.29 is 9.59 Å². The molecule has 0 saturated carbocycles. The number of hydrogen-bond acceptors (Lipinski definition) is 3. The van der Waals surface area contributed by atoms with Crippen molar-refractivity contribution in [3.8, 4) is 0 Å². The van der Waals surface area contributed by atoms with Gasteiger partial charge in [0.05, 0.1) is 6.04 Å². The quantitative estimate of drug-likeness (QED) is 0.861. The van der Waals surface area contributed by atoms with Gasteiger partial charge in [-0.3, -0.25) is 14.3 Å². The zero-order valence-corrected chi connectivity index (χ0v) is 15.0. The van der Waals surface area contributed by atoms with Gasteiger partial charge in [-0.05, 0) is 25.5 Å². The van der Waals surface area contributed by atoms with Crippen LogP contribution < -0.4 is 0 Å². The molecule has 0 bridgehead atoms. The number of carbonyl (C=O) groups is 2. The summed E-state index contributed by atoms with van der Waals surface area (Å²) in [4.78, 5) is 28.6. The fourth-order valence-electron chi connectivity index (χ4n) is 3.40. The van der Waals surface area contributed by atoms with Crippen LogP contribution in [0.4, 0.5) is 0 Å². The molecular formula is C19H24N4O2. The van der Waals surface area contributed by atoms with Crippen LogP contribution in [-0.4, -0.2) is 51.0 Å². The number of amides is 2. The van der Waals surface area contributed by atoms with E-state index in [4.69, 9.17) is 0 Å². The average Bonchev–Trinajstić information content (AvgIpc) is 3.02. The van der Waals surface area contributed by atoms with E-state index in [0.29, 0.717) is 25.3 Å². The van der Waals surface area contributed by atoms with Gasteiger partial charge in [-0.2, -0.15) is 5.10 Å². The van der Waals surface area contributed by atoms with E-state index in [1.807, 2.05) is 59.8 Å². The first-order valence-corrected chi connectivity index (χ1v) is 8.67. The van der Waals surface area contributed by atoms with Gasteiger partial charge in [-0.25, -0.2) is 0 Å². The third-order valence-corrected chi connectivity index (χ3v) is 4.76. The van der Waals surface area contributed by atoms with Crippen LogP contribution in [0.15, 0.2) is 36.4 Å². The molecule has 1 aromatic heterocycles. The molecule has 1 aliphatic rings. The zero-order chi connectivity index (χ0) is 18.0. The Balaban J connectivity index is 1.84. The first-order valence-electron chi connectivity index (χ1n) is 8.67. The Labute approximate surface area is 148 Å². The second kappa shape index (κ2) is 7.09. The number of aromatic nitrogens is 2. The summed E-state index contributed by atoms with van der Waals surface area (Å²) < 4.78 is 1.83. The van der Waals surface area contributed by atoms with Crippen molar-refractivity contribution in [2.45, 2.75) is 33.4 Å². The third-order valence-electron chi connectivity index (χ3n) is 4.76. The lowest BCUT2D eigenvalue weighted by molar-refractivity contribution is -0.133. The zero-order valence-electron chi connectivity index (χ0n) is 15.0. The Hall–Kier alpha value is -2.63. The molecule has 6 nitrogen and oxygen atoms in total. The number of aryl methyl sites for hydroxylation is 2. The van der Waals surface area contributed by atoms with Gasteiger partial charge in [-0.1, -0.05) is 30.3 Å². The molecule has 6 heteroatoms. The van der Waals surface area contributed by atoms with Crippen LogP contribution in [-0.2, 0) is 11.3 Å². The van der Waals surface area contributed by atoms with Gasteiger partial charge in [0, 0.05) is 38.8 Å². The van der Waals surface area contributed by atoms with Gasteiger partial charge in [0.25, 0.3) is 5.91 Å². The van der Waals surface area contributed by atoms with E-state index in [1.54, 1.807) is 11.8 Å². The molecule has 2 aromatic rings. The van der Waals surface area contributed by atoms with Gasteiger partial charge in [0.15, 0.2) is 5.69 Å². The van der Waals surface area contributed by atoms with Gasteiger partial charge in [0.1, 0.15) is 0 Å². The summed E-state index contributed by atoms with van der Waals surface area (Å²) in [5, 5.41) is 4.40. The lowest BCUT2D eigenvalue weighted by atomic mass is 10.0. The summed E-state index contributed by atoms with van der Waals surface area (Å²) in [6, 6.07) is 11.6. The van der Waals surface area contributed by atoms with Crippen LogP contribution in [0.5, 0.6) is 0 Å². The Morgan fingerprint density at radius 2 is 1.92 bits per heavy atom. The maximum absolute atomic E-state index is 12.9. The molecule has 1 aliphatic heterocycles. The summed E-state index contributed by atoms with van der Waals surface area (Å²) >= 11 is 0. The fourth-order valence-corrected chi connectivity index (χ4v) is 3.40. The molecular weight excluding hydrogens is 316 g/mol. The minimum Gasteiger partial charge on any atom is -0.333 e. The minimum absolute atomic E-state index is 0.0343. The van der Waals surface area contributed by atoms with Gasteiger partial charge in [-0.15, -0.1) is 0 Å². The number of piperazine rings is 1. The fraction of sp³-hybridized carbons (Fsp3) is 0.421. The summed E-state index contributed by atoms with van der Waals surface area (Å²) in [6.45, 7) is 7.83. The van der Waals surface area contributed by atoms with E-state index in [2.05, 4.69) is 5.10 Å². The molecule has 1 unspecified atom stereocenters. The van der Waals surface area contributed by atoms with E-state index in [-0.39, 0.29) is 17.9 Å². The van der Waals surface area contributed by atoms with Crippen molar-refractivity contribution >= 4 is 11.8 Å². The standard InChI is InChI=1S/C19H24N4O2/c1-4-23-14(2)12-17(20-23)19(25)21-10-11-22(15(3)24)18(13-21)16-8-6-5-7-9-16/h5-9,12,18H,4,10-11,13H2,1-3H3. The van der Waals surface area contributed by atoms with Crippen molar-refractivity contribution in [3.63, 3.8) is 0 Å². The highest BCUT2D eigenvalue weighted by molar-refractivity contribution is 5.92. The summed E-state index contributed by atoms with van der Waals surface area (Å²) in [7, 11) is 0. The monoisotopic (exact) mass is 340 g/mol. The first-order chi connectivity index (χ1) is 12.0. The Morgan fingerprint density at radius 3 is 2.52 bits per heavy atom. The Morgan fingerprint density at radius 1 is 1.20 bits per heavy atom. The number of carbonyl (C=O) groups excluding carboxylic acids is 2. The van der Waals surface area contributed by atoms with Crippen molar-refractivity contribution in [2.24, 2.45) is 0 Å². The second-order valence-corrected chi connectivity index (χ2v) is 6.38. The van der Waals surface area contributed by atoms with E-state index in [9.17, 15) is 9.59 Å². The van der Waals surface area contributed by atoms with Crippen LogP contribution >= 0.6 is 0 Å². The van der Waals surface area contributed by atoms with Gasteiger partial charge >= 0.3 is 0 Å². The second-order valence-electron chi connectivity index (χ2n) is 6.38. The SMILES string of the molecule is CCn1nc(C(=O)N2CCN(C(C)=O)C(c3ccccc3)C2)cc1C. The lowest BCUT2D eigenvalue weighted by Gasteiger charge is -2.41. The first kappa shape index (κ1) is 17.2. The maximum Gasteiger partial charge on any atom is 0.274 e. The van der Waals surface area contributed by atoms with Crippen LogP contribution in [0.2, 0.25) is 0 Å². The van der Waals surface area contributed by atoms with Crippen LogP contribution in [0.1, 0.15) is 41.6 Å². The topological polar surface area (TPSA) is 58.4 Å². The van der Waals surface area contributed by atoms with Crippen molar-refractivity contribution in [1.29, 1.82) is 0 Å². The number of rotatable bonds is 3. The molecule has 0 radical (unpaired) electrons. The highest BCUT2D eigenvalue weighted by Gasteiger charge is 2.33. The minimum atomic E-state index is -0.120. The molecule has 1 aromatic carbocycles. The lowest BCUT2D eigenvalue weighted by Crippen LogP contribution is -2.51. The van der Waals surface area contributed by atoms with Gasteiger partial charge < -0.3 is 9.80 Å². The molecule has 0 N–H and O–H groups in total. The maximum atomic E-state index is 12.9. The molecule has 132 valence electrons. The number of hydrogen-bond donors (Lipinski definition) is 0. The van der Waals surface area contributed by atoms with Crippen LogP contribution in [0.25, 0.3) is 0 Å². The third kappa shape index (κ3) is 3.43. The highest BCUT2D eigenvalue weighted by Crippen LogP contribution is 2.26. The van der Waals surface area contributed by atoms with Crippen molar-refractivity contribution in [2.75, 3.05) is 19.6 Å². The molecule has 0 aliphatic carbocycles. The largest absolute Gasteiger partial charge is 0.333 e. The predicted octanol–water partition coefficient (Wildman–Crippen LogP) is 2.26. The summed E-state index contributed by atoms with van der Waals surface area (Å²) in [6.07, 6.45) is 0. The smallest absolute Gasteiger partial charge is 0.274 e. The number of nitrogens with zero attached hydrogens (tertiary/aromatic N) is 4. The molecule has 1 saturated heterocycles. The Kier molecular flexibility index (Phi) is 4.88. The summed E-state index contributed by atoms with van der Waals surface area (Å²) in [5.74, 6) is -0.0357.